The summed E-state index contributed by atoms with van der Waals surface area (Å²) >= 11 is 1.84. The highest BCUT2D eigenvalue weighted by Crippen LogP contribution is 2.24. The lowest BCUT2D eigenvalue weighted by molar-refractivity contribution is 0.121. The summed E-state index contributed by atoms with van der Waals surface area (Å²) in [5.74, 6) is 0. The molecule has 0 radical (unpaired) electrons. The van der Waals surface area contributed by atoms with E-state index < -0.39 is 0 Å². The number of thiophene rings is 1. The molecule has 4 heteroatoms. The van der Waals surface area contributed by atoms with Crippen molar-refractivity contribution >= 4 is 11.3 Å². The van der Waals surface area contributed by atoms with Crippen LogP contribution in [0.15, 0.2) is 12.1 Å². The summed E-state index contributed by atoms with van der Waals surface area (Å²) in [6, 6.07) is 4.71. The molecular weight excluding hydrogens is 222 g/mol. The van der Waals surface area contributed by atoms with Crippen LogP contribution >= 0.6 is 11.3 Å². The van der Waals surface area contributed by atoms with E-state index in [-0.39, 0.29) is 18.2 Å². The van der Waals surface area contributed by atoms with Crippen LogP contribution in [0.1, 0.15) is 29.6 Å². The van der Waals surface area contributed by atoms with Crippen LogP contribution < -0.4 is 5.32 Å². The summed E-state index contributed by atoms with van der Waals surface area (Å²) in [6.07, 6.45) is 0.722. The van der Waals surface area contributed by atoms with E-state index in [2.05, 4.69) is 31.3 Å². The molecule has 0 aliphatic carbocycles. The minimum absolute atomic E-state index is 0.0715. The van der Waals surface area contributed by atoms with E-state index in [1.807, 2.05) is 11.3 Å². The summed E-state index contributed by atoms with van der Waals surface area (Å²) in [6.45, 7) is 5.37. The van der Waals surface area contributed by atoms with Gasteiger partial charge in [0.1, 0.15) is 0 Å². The third-order valence-corrected chi connectivity index (χ3v) is 4.38. The highest BCUT2D eigenvalue weighted by molar-refractivity contribution is 7.12. The fraction of sp³-hybridized carbons (Fsp3) is 0.667. The molecular formula is C12H19NO2S. The van der Waals surface area contributed by atoms with Gasteiger partial charge in [-0.15, -0.1) is 11.3 Å². The molecule has 90 valence electrons. The van der Waals surface area contributed by atoms with Crippen LogP contribution in [0.2, 0.25) is 0 Å². The first-order valence-corrected chi connectivity index (χ1v) is 6.62. The van der Waals surface area contributed by atoms with Crippen molar-refractivity contribution < 1.29 is 9.84 Å². The molecule has 2 rings (SSSR count). The van der Waals surface area contributed by atoms with Gasteiger partial charge < -0.3 is 15.2 Å². The van der Waals surface area contributed by atoms with E-state index in [9.17, 15) is 5.11 Å². The maximum absolute atomic E-state index is 9.65. The van der Waals surface area contributed by atoms with Crippen LogP contribution in [0, 0.1) is 0 Å². The van der Waals surface area contributed by atoms with Gasteiger partial charge in [0.15, 0.2) is 0 Å². The van der Waals surface area contributed by atoms with Crippen LogP contribution in [0.25, 0.3) is 0 Å². The third kappa shape index (κ3) is 2.63. The lowest BCUT2D eigenvalue weighted by Crippen LogP contribution is -2.39. The molecule has 0 aromatic carbocycles. The zero-order valence-electron chi connectivity index (χ0n) is 9.77. The predicted octanol–water partition coefficient (Wildman–Crippen LogP) is 1.72. The van der Waals surface area contributed by atoms with Gasteiger partial charge in [0, 0.05) is 15.8 Å². The Hall–Kier alpha value is -0.420. The zero-order valence-corrected chi connectivity index (χ0v) is 10.6. The number of aliphatic hydroxyl groups excluding tert-OH is 1. The molecule has 1 saturated heterocycles. The largest absolute Gasteiger partial charge is 0.389 e. The summed E-state index contributed by atoms with van der Waals surface area (Å²) in [5, 5.41) is 13.1. The second kappa shape index (κ2) is 5.27. The van der Waals surface area contributed by atoms with Gasteiger partial charge in [-0.3, -0.25) is 0 Å². The SMILES string of the molecule is CCc1ccc(C(C)NC2COCC2O)s1. The standard InChI is InChI=1S/C12H19NO2S/c1-3-9-4-5-12(16-9)8(2)13-10-6-15-7-11(10)14/h4-5,8,10-11,13-14H,3,6-7H2,1-2H3. The number of hydrogen-bond donors (Lipinski definition) is 2. The van der Waals surface area contributed by atoms with Crippen molar-refractivity contribution in [2.45, 2.75) is 38.5 Å². The molecule has 2 heterocycles. The molecule has 3 nitrogen and oxygen atoms in total. The topological polar surface area (TPSA) is 41.5 Å². The van der Waals surface area contributed by atoms with Gasteiger partial charge in [-0.2, -0.15) is 0 Å². The Bertz CT molecular complexity index is 340. The average molecular weight is 241 g/mol. The minimum atomic E-state index is -0.368. The number of rotatable bonds is 4. The molecule has 1 aromatic heterocycles. The molecule has 1 aromatic rings. The molecule has 2 N–H and O–H groups in total. The number of nitrogens with one attached hydrogen (secondary N) is 1. The first-order chi connectivity index (χ1) is 7.70. The van der Waals surface area contributed by atoms with Crippen LogP contribution in [0.4, 0.5) is 0 Å². The number of aliphatic hydroxyl groups is 1. The smallest absolute Gasteiger partial charge is 0.0948 e. The van der Waals surface area contributed by atoms with E-state index in [0.29, 0.717) is 13.2 Å². The molecule has 1 fully saturated rings. The summed E-state index contributed by atoms with van der Waals surface area (Å²) in [5.41, 5.74) is 0. The van der Waals surface area contributed by atoms with Gasteiger partial charge >= 0.3 is 0 Å². The summed E-state index contributed by atoms with van der Waals surface area (Å²) in [7, 11) is 0. The molecule has 3 unspecified atom stereocenters. The van der Waals surface area contributed by atoms with Crippen molar-refractivity contribution in [3.05, 3.63) is 21.9 Å². The summed E-state index contributed by atoms with van der Waals surface area (Å²) in [4.78, 5) is 2.74. The Labute approximate surface area is 100 Å². The zero-order chi connectivity index (χ0) is 11.5. The fourth-order valence-electron chi connectivity index (χ4n) is 1.92. The Morgan fingerprint density at radius 3 is 2.94 bits per heavy atom. The Morgan fingerprint density at radius 2 is 2.38 bits per heavy atom. The van der Waals surface area contributed by atoms with Crippen LogP contribution in [0.5, 0.6) is 0 Å². The molecule has 0 saturated carbocycles. The lowest BCUT2D eigenvalue weighted by atomic mass is 10.1. The van der Waals surface area contributed by atoms with E-state index in [1.165, 1.54) is 9.75 Å². The Balaban J connectivity index is 1.94. The van der Waals surface area contributed by atoms with Crippen molar-refractivity contribution in [1.29, 1.82) is 0 Å². The third-order valence-electron chi connectivity index (χ3n) is 2.97. The highest BCUT2D eigenvalue weighted by Gasteiger charge is 2.27. The van der Waals surface area contributed by atoms with E-state index in [4.69, 9.17) is 4.74 Å². The van der Waals surface area contributed by atoms with Gasteiger partial charge in [-0.25, -0.2) is 0 Å². The van der Waals surface area contributed by atoms with Crippen molar-refractivity contribution in [2.75, 3.05) is 13.2 Å². The van der Waals surface area contributed by atoms with Crippen LogP contribution in [0.3, 0.4) is 0 Å². The molecule has 0 spiro atoms. The van der Waals surface area contributed by atoms with E-state index >= 15 is 0 Å². The average Bonchev–Trinajstić information content (AvgIpc) is 2.88. The van der Waals surface area contributed by atoms with E-state index in [0.717, 1.165) is 6.42 Å². The monoisotopic (exact) mass is 241 g/mol. The summed E-state index contributed by atoms with van der Waals surface area (Å²) < 4.78 is 5.22. The maximum atomic E-state index is 9.65. The van der Waals surface area contributed by atoms with Crippen molar-refractivity contribution in [3.63, 3.8) is 0 Å². The molecule has 1 aliphatic heterocycles. The van der Waals surface area contributed by atoms with Crippen LogP contribution in [-0.2, 0) is 11.2 Å². The quantitative estimate of drug-likeness (QED) is 0.843. The molecule has 0 amide bonds. The molecule has 3 atom stereocenters. The second-order valence-electron chi connectivity index (χ2n) is 4.26. The first kappa shape index (κ1) is 12.0. The molecule has 16 heavy (non-hydrogen) atoms. The van der Waals surface area contributed by atoms with E-state index in [1.54, 1.807) is 0 Å². The van der Waals surface area contributed by atoms with Gasteiger partial charge in [0.05, 0.1) is 25.4 Å². The predicted molar refractivity (Wildman–Crippen MR) is 65.9 cm³/mol. The minimum Gasteiger partial charge on any atom is -0.389 e. The Kier molecular flexibility index (Phi) is 3.97. The van der Waals surface area contributed by atoms with Crippen molar-refractivity contribution in [3.8, 4) is 0 Å². The number of hydrogen-bond acceptors (Lipinski definition) is 4. The lowest BCUT2D eigenvalue weighted by Gasteiger charge is -2.19. The number of ether oxygens (including phenoxy) is 1. The van der Waals surface area contributed by atoms with Gasteiger partial charge in [0.25, 0.3) is 0 Å². The van der Waals surface area contributed by atoms with Crippen molar-refractivity contribution in [1.82, 2.24) is 5.32 Å². The number of aryl methyl sites for hydroxylation is 1. The fourth-order valence-corrected chi connectivity index (χ4v) is 2.89. The van der Waals surface area contributed by atoms with Gasteiger partial charge in [-0.05, 0) is 25.5 Å². The Morgan fingerprint density at radius 1 is 1.56 bits per heavy atom. The second-order valence-corrected chi connectivity index (χ2v) is 5.46. The van der Waals surface area contributed by atoms with Gasteiger partial charge in [-0.1, -0.05) is 6.92 Å². The highest BCUT2D eigenvalue weighted by atomic mass is 32.1. The maximum Gasteiger partial charge on any atom is 0.0948 e. The van der Waals surface area contributed by atoms with Gasteiger partial charge in [0.2, 0.25) is 0 Å². The molecule has 1 aliphatic rings. The molecule has 0 bridgehead atoms. The van der Waals surface area contributed by atoms with Crippen LogP contribution in [-0.4, -0.2) is 30.5 Å². The normalized spacial score (nSPS) is 27.2. The van der Waals surface area contributed by atoms with Crippen molar-refractivity contribution in [2.24, 2.45) is 0 Å². The first-order valence-electron chi connectivity index (χ1n) is 5.81.